The monoisotopic (exact) mass is 414 g/mol. The van der Waals surface area contributed by atoms with Crippen molar-refractivity contribution >= 4 is 45.2 Å². The van der Waals surface area contributed by atoms with Gasteiger partial charge in [-0.3, -0.25) is 0 Å². The second-order valence-electron chi connectivity index (χ2n) is 4.61. The number of nitriles is 1. The van der Waals surface area contributed by atoms with Crippen molar-refractivity contribution in [3.05, 3.63) is 38.5 Å². The number of ether oxygens (including phenoxy) is 3. The minimum absolute atomic E-state index is 0.00136. The van der Waals surface area contributed by atoms with E-state index in [1.165, 1.54) is 31.3 Å². The molecule has 0 bridgehead atoms. The molecule has 0 atom stereocenters. The Morgan fingerprint density at radius 3 is 2.58 bits per heavy atom. The Kier molecular flexibility index (Phi) is 5.83. The lowest BCUT2D eigenvalue weighted by Crippen LogP contribution is -2.39. The summed E-state index contributed by atoms with van der Waals surface area (Å²) >= 11 is 9.34. The Bertz CT molecular complexity index is 772. The summed E-state index contributed by atoms with van der Waals surface area (Å²) in [4.78, 5) is 25.5. The van der Waals surface area contributed by atoms with Gasteiger partial charge in [0.2, 0.25) is 0 Å². The fourth-order valence-electron chi connectivity index (χ4n) is 2.18. The molecule has 126 valence electrons. The van der Waals surface area contributed by atoms with Crippen molar-refractivity contribution in [2.75, 3.05) is 32.5 Å². The van der Waals surface area contributed by atoms with Crippen LogP contribution in [-0.4, -0.2) is 39.5 Å². The van der Waals surface area contributed by atoms with Gasteiger partial charge in [0.1, 0.15) is 18.5 Å². The van der Waals surface area contributed by atoms with Crippen molar-refractivity contribution < 1.29 is 23.8 Å². The Hall–Kier alpha value is -2.08. The molecule has 0 saturated carbocycles. The molecule has 0 spiro atoms. The maximum absolute atomic E-state index is 12.2. The van der Waals surface area contributed by atoms with Crippen LogP contribution in [0.1, 0.15) is 5.56 Å². The fourth-order valence-corrected chi connectivity index (χ4v) is 2.68. The number of hydrogen-bond acceptors (Lipinski definition) is 7. The highest BCUT2D eigenvalue weighted by molar-refractivity contribution is 9.10. The van der Waals surface area contributed by atoms with Gasteiger partial charge < -0.3 is 19.1 Å². The summed E-state index contributed by atoms with van der Waals surface area (Å²) in [6.07, 6.45) is 0. The van der Waals surface area contributed by atoms with Gasteiger partial charge in [0.25, 0.3) is 0 Å². The molecule has 9 heteroatoms. The Morgan fingerprint density at radius 1 is 1.33 bits per heavy atom. The summed E-state index contributed by atoms with van der Waals surface area (Å²) < 4.78 is 15.3. The molecule has 0 N–H and O–H groups in total. The molecule has 1 aromatic rings. The molecule has 1 heterocycles. The summed E-state index contributed by atoms with van der Waals surface area (Å²) in [6.45, 7) is -0.169. The average Bonchev–Trinajstić information content (AvgIpc) is 2.61. The van der Waals surface area contributed by atoms with Gasteiger partial charge in [0, 0.05) is 4.47 Å². The number of esters is 2. The first-order valence-electron chi connectivity index (χ1n) is 6.58. The van der Waals surface area contributed by atoms with Crippen molar-refractivity contribution in [3.63, 3.8) is 0 Å². The van der Waals surface area contributed by atoms with Crippen molar-refractivity contribution in [2.24, 2.45) is 0 Å². The lowest BCUT2D eigenvalue weighted by atomic mass is 10.1. The van der Waals surface area contributed by atoms with Crippen LogP contribution in [0.4, 0.5) is 5.69 Å². The quantitative estimate of drug-likeness (QED) is 0.700. The van der Waals surface area contributed by atoms with E-state index in [1.54, 1.807) is 0 Å². The third-order valence-electron chi connectivity index (χ3n) is 3.28. The number of carbonyl (C=O) groups is 2. The Balaban J connectivity index is 2.68. The number of halogens is 2. The smallest absolute Gasteiger partial charge is 0.355 e. The summed E-state index contributed by atoms with van der Waals surface area (Å²) in [6, 6.07) is 5.03. The molecule has 7 nitrogen and oxygen atoms in total. The van der Waals surface area contributed by atoms with E-state index >= 15 is 0 Å². The maximum atomic E-state index is 12.2. The summed E-state index contributed by atoms with van der Waals surface area (Å²) in [5.41, 5.74) is 0.499. The molecule has 24 heavy (non-hydrogen) atoms. The highest BCUT2D eigenvalue weighted by Gasteiger charge is 2.33. The summed E-state index contributed by atoms with van der Waals surface area (Å²) in [5.74, 6) is -1.47. The molecule has 0 aromatic heterocycles. The number of carbonyl (C=O) groups excluding carboxylic acids is 2. The third kappa shape index (κ3) is 3.38. The average molecular weight is 416 g/mol. The lowest BCUT2D eigenvalue weighted by Gasteiger charge is -2.32. The molecule has 0 radical (unpaired) electrons. The van der Waals surface area contributed by atoms with E-state index in [2.05, 4.69) is 20.7 Å². The van der Waals surface area contributed by atoms with Gasteiger partial charge in [-0.1, -0.05) is 11.6 Å². The van der Waals surface area contributed by atoms with Gasteiger partial charge >= 0.3 is 11.9 Å². The fraction of sp³-hybridized carbons (Fsp3) is 0.267. The molecule has 1 aliphatic rings. The highest BCUT2D eigenvalue weighted by Crippen LogP contribution is 2.35. The predicted molar refractivity (Wildman–Crippen MR) is 88.2 cm³/mol. The molecule has 0 saturated heterocycles. The van der Waals surface area contributed by atoms with E-state index in [-0.39, 0.29) is 30.2 Å². The molecular formula is C15H12BrClN2O5. The van der Waals surface area contributed by atoms with Crippen LogP contribution in [-0.2, 0) is 23.8 Å². The van der Waals surface area contributed by atoms with Gasteiger partial charge in [0.05, 0.1) is 42.7 Å². The first-order valence-corrected chi connectivity index (χ1v) is 7.75. The van der Waals surface area contributed by atoms with Gasteiger partial charge in [-0.15, -0.1) is 0 Å². The number of anilines is 1. The zero-order chi connectivity index (χ0) is 17.9. The largest absolute Gasteiger partial charge is 0.466 e. The number of benzene rings is 1. The molecule has 1 aliphatic heterocycles. The molecule has 0 aliphatic carbocycles. The topological polar surface area (TPSA) is 88.9 Å². The Morgan fingerprint density at radius 2 is 2.00 bits per heavy atom. The van der Waals surface area contributed by atoms with Crippen LogP contribution in [0.5, 0.6) is 0 Å². The second kappa shape index (κ2) is 7.66. The standard InChI is InChI=1S/C15H12BrClN2O5/c1-22-14(20)9-6-24-7-19(13(9)15(21)23-2)12-4-11(17)10(16)3-8(12)5-18/h3-4H,6-7H2,1-2H3. The first kappa shape index (κ1) is 18.3. The molecule has 0 unspecified atom stereocenters. The summed E-state index contributed by atoms with van der Waals surface area (Å²) in [5, 5.41) is 9.69. The minimum Gasteiger partial charge on any atom is -0.466 e. The van der Waals surface area contributed by atoms with Crippen molar-refractivity contribution in [3.8, 4) is 6.07 Å². The van der Waals surface area contributed by atoms with Crippen LogP contribution in [0.15, 0.2) is 27.9 Å². The van der Waals surface area contributed by atoms with Crippen LogP contribution in [0.25, 0.3) is 0 Å². The van der Waals surface area contributed by atoms with Gasteiger partial charge in [-0.05, 0) is 28.1 Å². The van der Waals surface area contributed by atoms with E-state index in [9.17, 15) is 14.9 Å². The van der Waals surface area contributed by atoms with Crippen molar-refractivity contribution in [1.82, 2.24) is 0 Å². The summed E-state index contributed by atoms with van der Waals surface area (Å²) in [7, 11) is 2.39. The van der Waals surface area contributed by atoms with E-state index < -0.39 is 11.9 Å². The number of hydrogen-bond donors (Lipinski definition) is 0. The van der Waals surface area contributed by atoms with Gasteiger partial charge in [-0.2, -0.15) is 5.26 Å². The SMILES string of the molecule is COC(=O)C1=C(C(=O)OC)N(c2cc(Cl)c(Br)cc2C#N)COC1. The molecule has 0 fully saturated rings. The zero-order valence-electron chi connectivity index (χ0n) is 12.8. The van der Waals surface area contributed by atoms with E-state index in [0.717, 1.165) is 0 Å². The zero-order valence-corrected chi connectivity index (χ0v) is 15.1. The predicted octanol–water partition coefficient (Wildman–Crippen LogP) is 2.37. The van der Waals surface area contributed by atoms with Crippen LogP contribution >= 0.6 is 27.5 Å². The maximum Gasteiger partial charge on any atom is 0.355 e. The second-order valence-corrected chi connectivity index (χ2v) is 5.87. The van der Waals surface area contributed by atoms with Crippen LogP contribution in [0, 0.1) is 11.3 Å². The van der Waals surface area contributed by atoms with E-state index in [4.69, 9.17) is 21.1 Å². The minimum atomic E-state index is -0.748. The number of nitrogens with zero attached hydrogens (tertiary/aromatic N) is 2. The third-order valence-corrected chi connectivity index (χ3v) is 4.48. The van der Waals surface area contributed by atoms with Crippen molar-refractivity contribution in [2.45, 2.75) is 0 Å². The molecule has 2 rings (SSSR count). The molecule has 1 aromatic carbocycles. The normalized spacial score (nSPS) is 14.2. The molecule has 0 amide bonds. The lowest BCUT2D eigenvalue weighted by molar-refractivity contribution is -0.140. The van der Waals surface area contributed by atoms with Crippen molar-refractivity contribution in [1.29, 1.82) is 5.26 Å². The first-order chi connectivity index (χ1) is 11.4. The van der Waals surface area contributed by atoms with Crippen LogP contribution in [0.2, 0.25) is 5.02 Å². The molecular weight excluding hydrogens is 404 g/mol. The van der Waals surface area contributed by atoms with Gasteiger partial charge in [-0.25, -0.2) is 9.59 Å². The highest BCUT2D eigenvalue weighted by atomic mass is 79.9. The van der Waals surface area contributed by atoms with Crippen LogP contribution < -0.4 is 4.90 Å². The number of rotatable bonds is 3. The van der Waals surface area contributed by atoms with E-state index in [1.807, 2.05) is 6.07 Å². The van der Waals surface area contributed by atoms with Gasteiger partial charge in [0.15, 0.2) is 0 Å². The Labute approximate surface area is 151 Å². The van der Waals surface area contributed by atoms with E-state index in [0.29, 0.717) is 15.2 Å². The number of methoxy groups -OCH3 is 2. The van der Waals surface area contributed by atoms with Crippen LogP contribution in [0.3, 0.4) is 0 Å².